The number of amides is 1. The number of nitrogens with one attached hydrogen (secondary N) is 2. The van der Waals surface area contributed by atoms with Crippen LogP contribution in [0.25, 0.3) is 0 Å². The lowest BCUT2D eigenvalue weighted by atomic mass is 10.0. The summed E-state index contributed by atoms with van der Waals surface area (Å²) in [5.41, 5.74) is 1.07. The van der Waals surface area contributed by atoms with Gasteiger partial charge in [-0.15, -0.1) is 24.8 Å². The average molecular weight is 405 g/mol. The molecule has 150 valence electrons. The molecular weight excluding hydrogens is 371 g/mol. The molecule has 1 saturated heterocycles. The molecule has 2 rings (SSSR count). The summed E-state index contributed by atoms with van der Waals surface area (Å²) in [5, 5.41) is 6.51. The van der Waals surface area contributed by atoms with Gasteiger partial charge in [0.2, 0.25) is 5.91 Å². The quantitative estimate of drug-likeness (QED) is 0.620. The van der Waals surface area contributed by atoms with Crippen molar-refractivity contribution < 1.29 is 4.79 Å². The van der Waals surface area contributed by atoms with Crippen LogP contribution in [0.4, 0.5) is 0 Å². The smallest absolute Gasteiger partial charge is 0.241 e. The van der Waals surface area contributed by atoms with Crippen LogP contribution in [0.15, 0.2) is 30.3 Å². The molecule has 7 heteroatoms. The van der Waals surface area contributed by atoms with Gasteiger partial charge in [0.25, 0.3) is 0 Å². The van der Waals surface area contributed by atoms with E-state index in [1.54, 1.807) is 0 Å². The minimum Gasteiger partial charge on any atom is -0.354 e. The van der Waals surface area contributed by atoms with Crippen molar-refractivity contribution in [2.75, 3.05) is 52.4 Å². The number of nitrogens with zero attached hydrogens (tertiary/aromatic N) is 2. The van der Waals surface area contributed by atoms with Crippen molar-refractivity contribution in [1.82, 2.24) is 20.4 Å². The molecule has 26 heavy (non-hydrogen) atoms. The number of benzene rings is 1. The van der Waals surface area contributed by atoms with Crippen LogP contribution in [0.1, 0.15) is 31.9 Å². The van der Waals surface area contributed by atoms with Crippen LogP contribution in [0.5, 0.6) is 0 Å². The van der Waals surface area contributed by atoms with E-state index >= 15 is 0 Å². The van der Waals surface area contributed by atoms with Crippen LogP contribution in [0.3, 0.4) is 0 Å². The molecule has 2 N–H and O–H groups in total. The van der Waals surface area contributed by atoms with Crippen LogP contribution in [-0.2, 0) is 4.79 Å². The average Bonchev–Trinajstić information content (AvgIpc) is 2.64. The summed E-state index contributed by atoms with van der Waals surface area (Å²) in [6, 6.07) is 9.90. The Morgan fingerprint density at radius 2 is 1.77 bits per heavy atom. The molecule has 0 radical (unpaired) electrons. The molecule has 0 aromatic heterocycles. The molecule has 1 fully saturated rings. The van der Waals surface area contributed by atoms with Gasteiger partial charge in [-0.25, -0.2) is 0 Å². The topological polar surface area (TPSA) is 47.6 Å². The molecule has 1 atom stereocenters. The maximum Gasteiger partial charge on any atom is 0.241 e. The number of likely N-dealkylation sites (N-methyl/N-ethyl adjacent to an activating group) is 1. The van der Waals surface area contributed by atoms with E-state index in [2.05, 4.69) is 34.3 Å². The van der Waals surface area contributed by atoms with Crippen molar-refractivity contribution in [3.63, 3.8) is 0 Å². The molecule has 1 amide bonds. The molecule has 1 heterocycles. The Hall–Kier alpha value is -0.850. The van der Waals surface area contributed by atoms with Gasteiger partial charge in [-0.2, -0.15) is 0 Å². The maximum absolute atomic E-state index is 12.8. The highest BCUT2D eigenvalue weighted by Gasteiger charge is 2.25. The summed E-state index contributed by atoms with van der Waals surface area (Å²) in [7, 11) is 0. The molecule has 1 aliphatic heterocycles. The fraction of sp³-hybridized carbons (Fsp3) is 0.632. The van der Waals surface area contributed by atoms with E-state index in [4.69, 9.17) is 0 Å². The Labute approximate surface area is 170 Å². The van der Waals surface area contributed by atoms with Crippen molar-refractivity contribution in [3.05, 3.63) is 35.9 Å². The zero-order valence-corrected chi connectivity index (χ0v) is 17.6. The number of hydrogen-bond acceptors (Lipinski definition) is 4. The summed E-state index contributed by atoms with van der Waals surface area (Å²) in [4.78, 5) is 17.4. The highest BCUT2D eigenvalue weighted by Crippen LogP contribution is 2.20. The van der Waals surface area contributed by atoms with Gasteiger partial charge < -0.3 is 15.5 Å². The zero-order chi connectivity index (χ0) is 17.2. The van der Waals surface area contributed by atoms with Crippen LogP contribution >= 0.6 is 24.8 Å². The standard InChI is InChI=1S/C19H32N4O.2ClH/c1-3-23(4-2)18(17-9-6-5-7-10-17)19(24)21-11-8-14-22-15-12-20-13-16-22;;/h5-7,9-10,18,20H,3-4,8,11-16H2,1-2H3,(H,21,24);2*1H. The monoisotopic (exact) mass is 404 g/mol. The molecule has 0 spiro atoms. The van der Waals surface area contributed by atoms with Gasteiger partial charge in [-0.1, -0.05) is 44.2 Å². The Balaban J connectivity index is 0.00000312. The Bertz CT molecular complexity index is 480. The minimum atomic E-state index is -0.194. The fourth-order valence-corrected chi connectivity index (χ4v) is 3.30. The van der Waals surface area contributed by atoms with E-state index < -0.39 is 0 Å². The van der Waals surface area contributed by atoms with Crippen LogP contribution in [0, 0.1) is 0 Å². The highest BCUT2D eigenvalue weighted by atomic mass is 35.5. The second kappa shape index (κ2) is 14.2. The molecule has 1 aromatic rings. The fourth-order valence-electron chi connectivity index (χ4n) is 3.30. The van der Waals surface area contributed by atoms with Crippen LogP contribution < -0.4 is 10.6 Å². The third-order valence-electron chi connectivity index (χ3n) is 4.70. The number of piperazine rings is 1. The van der Waals surface area contributed by atoms with E-state index in [0.717, 1.165) is 64.3 Å². The third-order valence-corrected chi connectivity index (χ3v) is 4.70. The number of rotatable bonds is 9. The predicted molar refractivity (Wildman–Crippen MR) is 114 cm³/mol. The van der Waals surface area contributed by atoms with Crippen molar-refractivity contribution in [1.29, 1.82) is 0 Å². The lowest BCUT2D eigenvalue weighted by Crippen LogP contribution is -2.45. The number of hydrogen-bond donors (Lipinski definition) is 2. The summed E-state index contributed by atoms with van der Waals surface area (Å²) in [6.07, 6.45) is 1.01. The number of halogens is 2. The first-order valence-electron chi connectivity index (χ1n) is 9.26. The van der Waals surface area contributed by atoms with Gasteiger partial charge >= 0.3 is 0 Å². The second-order valence-corrected chi connectivity index (χ2v) is 6.27. The molecule has 1 unspecified atom stereocenters. The largest absolute Gasteiger partial charge is 0.354 e. The van der Waals surface area contributed by atoms with Gasteiger partial charge in [0.05, 0.1) is 0 Å². The lowest BCUT2D eigenvalue weighted by Gasteiger charge is -2.29. The number of carbonyl (C=O) groups excluding carboxylic acids is 1. The third kappa shape index (κ3) is 7.80. The van der Waals surface area contributed by atoms with E-state index in [1.807, 2.05) is 30.3 Å². The van der Waals surface area contributed by atoms with Crippen molar-refractivity contribution in [3.8, 4) is 0 Å². The van der Waals surface area contributed by atoms with E-state index in [1.165, 1.54) is 0 Å². The van der Waals surface area contributed by atoms with E-state index in [9.17, 15) is 4.79 Å². The summed E-state index contributed by atoms with van der Waals surface area (Å²) >= 11 is 0. The molecule has 0 aliphatic carbocycles. The first-order valence-corrected chi connectivity index (χ1v) is 9.26. The lowest BCUT2D eigenvalue weighted by molar-refractivity contribution is -0.126. The molecule has 1 aromatic carbocycles. The van der Waals surface area contributed by atoms with Gasteiger partial charge in [-0.05, 0) is 31.6 Å². The number of carbonyl (C=O) groups is 1. The Kier molecular flexibility index (Phi) is 13.8. The van der Waals surface area contributed by atoms with Gasteiger partial charge in [0, 0.05) is 32.7 Å². The summed E-state index contributed by atoms with van der Waals surface area (Å²) in [5.74, 6) is 0.116. The first-order chi connectivity index (χ1) is 11.8. The minimum absolute atomic E-state index is 0. The summed E-state index contributed by atoms with van der Waals surface area (Å²) in [6.45, 7) is 12.1. The second-order valence-electron chi connectivity index (χ2n) is 6.27. The van der Waals surface area contributed by atoms with Crippen LogP contribution in [0.2, 0.25) is 0 Å². The summed E-state index contributed by atoms with van der Waals surface area (Å²) < 4.78 is 0. The molecule has 1 aliphatic rings. The SMILES string of the molecule is CCN(CC)C(C(=O)NCCCN1CCNCC1)c1ccccc1.Cl.Cl. The van der Waals surface area contributed by atoms with Crippen molar-refractivity contribution in [2.24, 2.45) is 0 Å². The Morgan fingerprint density at radius 1 is 1.15 bits per heavy atom. The van der Waals surface area contributed by atoms with Crippen molar-refractivity contribution in [2.45, 2.75) is 26.3 Å². The predicted octanol–water partition coefficient (Wildman–Crippen LogP) is 2.32. The van der Waals surface area contributed by atoms with E-state index in [0.29, 0.717) is 0 Å². The zero-order valence-electron chi connectivity index (χ0n) is 15.9. The van der Waals surface area contributed by atoms with Gasteiger partial charge in [0.1, 0.15) is 6.04 Å². The van der Waals surface area contributed by atoms with Gasteiger partial charge in [0.15, 0.2) is 0 Å². The van der Waals surface area contributed by atoms with Crippen molar-refractivity contribution >= 4 is 30.7 Å². The van der Waals surface area contributed by atoms with E-state index in [-0.39, 0.29) is 36.8 Å². The Morgan fingerprint density at radius 3 is 2.35 bits per heavy atom. The molecule has 0 saturated carbocycles. The highest BCUT2D eigenvalue weighted by molar-refractivity contribution is 5.85. The molecular formula is C19H34Cl2N4O. The molecule has 5 nitrogen and oxygen atoms in total. The molecule has 0 bridgehead atoms. The normalized spacial score (nSPS) is 15.7. The first kappa shape index (κ1) is 25.1. The maximum atomic E-state index is 12.8. The van der Waals surface area contributed by atoms with Crippen LogP contribution in [-0.4, -0.2) is 68.1 Å². The van der Waals surface area contributed by atoms with Gasteiger partial charge in [-0.3, -0.25) is 9.69 Å².